The maximum Gasteiger partial charge on any atom is 0.417 e. The molecule has 0 bridgehead atoms. The Morgan fingerprint density at radius 3 is 2.33 bits per heavy atom. The molecule has 1 aliphatic rings. The quantitative estimate of drug-likeness (QED) is 0.895. The molecule has 5 nitrogen and oxygen atoms in total. The Labute approximate surface area is 136 Å². The van der Waals surface area contributed by atoms with Gasteiger partial charge < -0.3 is 4.98 Å². The predicted molar refractivity (Wildman–Crippen MR) is 82.2 cm³/mol. The molecule has 0 unspecified atom stereocenters. The lowest BCUT2D eigenvalue weighted by Crippen LogP contribution is -2.35. The van der Waals surface area contributed by atoms with Crippen LogP contribution in [0.2, 0.25) is 0 Å². The van der Waals surface area contributed by atoms with Crippen LogP contribution >= 0.6 is 0 Å². The largest absolute Gasteiger partial charge is 0.417 e. The normalized spacial score (nSPS) is 17.3. The standard InChI is InChI=1S/C15H15F3N2O3S/c16-15(17,18)12-9-14(21)19-13-5-4-10(8-11(12)13)24(22,23)20-6-2-1-3-7-20/h4-5,8-9H,1-3,6-7H2,(H,19,21). The fourth-order valence-electron chi connectivity index (χ4n) is 2.88. The Hall–Kier alpha value is -1.87. The SMILES string of the molecule is O=c1cc(C(F)(F)F)c2cc(S(=O)(=O)N3CCCCC3)ccc2[nH]1. The highest BCUT2D eigenvalue weighted by molar-refractivity contribution is 7.89. The number of nitrogens with one attached hydrogen (secondary N) is 1. The summed E-state index contributed by atoms with van der Waals surface area (Å²) in [6.45, 7) is 0.718. The summed E-state index contributed by atoms with van der Waals surface area (Å²) in [7, 11) is -3.85. The van der Waals surface area contributed by atoms with Crippen LogP contribution in [-0.4, -0.2) is 30.8 Å². The number of hydrogen-bond acceptors (Lipinski definition) is 3. The monoisotopic (exact) mass is 360 g/mol. The van der Waals surface area contributed by atoms with Gasteiger partial charge in [-0.15, -0.1) is 0 Å². The summed E-state index contributed by atoms with van der Waals surface area (Å²) in [5.74, 6) is 0. The summed E-state index contributed by atoms with van der Waals surface area (Å²) in [4.78, 5) is 13.5. The second kappa shape index (κ2) is 5.89. The van der Waals surface area contributed by atoms with E-state index in [1.165, 1.54) is 16.4 Å². The van der Waals surface area contributed by atoms with E-state index in [2.05, 4.69) is 4.98 Å². The number of nitrogens with zero attached hydrogens (tertiary/aromatic N) is 1. The van der Waals surface area contributed by atoms with E-state index in [0.717, 1.165) is 25.3 Å². The molecule has 1 N–H and O–H groups in total. The second-order valence-corrected chi connectivity index (χ2v) is 7.66. The van der Waals surface area contributed by atoms with Crippen LogP contribution < -0.4 is 5.56 Å². The molecule has 1 aliphatic heterocycles. The van der Waals surface area contributed by atoms with Gasteiger partial charge in [0.1, 0.15) is 0 Å². The number of aromatic amines is 1. The molecule has 0 radical (unpaired) electrons. The Kier molecular flexibility index (Phi) is 4.16. The molecule has 2 heterocycles. The molecule has 1 aromatic carbocycles. The summed E-state index contributed by atoms with van der Waals surface area (Å²) >= 11 is 0. The van der Waals surface area contributed by atoms with Gasteiger partial charge in [0.05, 0.1) is 10.5 Å². The molecule has 1 saturated heterocycles. The van der Waals surface area contributed by atoms with Gasteiger partial charge >= 0.3 is 6.18 Å². The molecule has 0 amide bonds. The zero-order chi connectivity index (χ0) is 17.5. The number of sulfonamides is 1. The molecular formula is C15H15F3N2O3S. The zero-order valence-electron chi connectivity index (χ0n) is 12.6. The first-order valence-electron chi connectivity index (χ1n) is 7.44. The highest BCUT2D eigenvalue weighted by Crippen LogP contribution is 2.34. The lowest BCUT2D eigenvalue weighted by molar-refractivity contribution is -0.136. The molecule has 2 aromatic rings. The molecule has 0 aliphatic carbocycles. The van der Waals surface area contributed by atoms with Crippen LogP contribution in [-0.2, 0) is 16.2 Å². The van der Waals surface area contributed by atoms with Crippen molar-refractivity contribution in [1.82, 2.24) is 9.29 Å². The van der Waals surface area contributed by atoms with Gasteiger partial charge in [0.15, 0.2) is 0 Å². The van der Waals surface area contributed by atoms with Gasteiger partial charge in [0.25, 0.3) is 0 Å². The van der Waals surface area contributed by atoms with Gasteiger partial charge in [-0.1, -0.05) is 6.42 Å². The molecule has 1 fully saturated rings. The number of pyridine rings is 1. The Morgan fingerprint density at radius 1 is 1.04 bits per heavy atom. The lowest BCUT2D eigenvalue weighted by Gasteiger charge is -2.26. The molecule has 9 heteroatoms. The summed E-state index contributed by atoms with van der Waals surface area (Å²) in [5, 5.41) is -0.333. The summed E-state index contributed by atoms with van der Waals surface area (Å²) in [6.07, 6.45) is -2.36. The number of hydrogen-bond donors (Lipinski definition) is 1. The molecule has 0 atom stereocenters. The van der Waals surface area contributed by atoms with Crippen LogP contribution in [0.15, 0.2) is 34.0 Å². The number of piperidine rings is 1. The third-order valence-corrected chi connectivity index (χ3v) is 5.97. The third kappa shape index (κ3) is 3.05. The van der Waals surface area contributed by atoms with Crippen LogP contribution in [0, 0.1) is 0 Å². The second-order valence-electron chi connectivity index (χ2n) is 5.72. The van der Waals surface area contributed by atoms with Crippen LogP contribution in [0.3, 0.4) is 0 Å². The minimum atomic E-state index is -4.75. The van der Waals surface area contributed by atoms with E-state index >= 15 is 0 Å². The van der Waals surface area contributed by atoms with E-state index in [-0.39, 0.29) is 15.8 Å². The van der Waals surface area contributed by atoms with Gasteiger partial charge in [0, 0.05) is 30.1 Å². The number of fused-ring (bicyclic) bond motifs is 1. The van der Waals surface area contributed by atoms with E-state index in [4.69, 9.17) is 0 Å². The molecule has 0 saturated carbocycles. The predicted octanol–water partition coefficient (Wildman–Crippen LogP) is 2.72. The van der Waals surface area contributed by atoms with E-state index in [1.807, 2.05) is 0 Å². The Balaban J connectivity index is 2.17. The van der Waals surface area contributed by atoms with E-state index < -0.39 is 27.3 Å². The summed E-state index contributed by atoms with van der Waals surface area (Å²) in [6, 6.07) is 3.85. The average Bonchev–Trinajstić information content (AvgIpc) is 2.53. The van der Waals surface area contributed by atoms with E-state index in [0.29, 0.717) is 19.2 Å². The van der Waals surface area contributed by atoms with Crippen molar-refractivity contribution >= 4 is 20.9 Å². The average molecular weight is 360 g/mol. The smallest absolute Gasteiger partial charge is 0.322 e. The van der Waals surface area contributed by atoms with Gasteiger partial charge in [0.2, 0.25) is 15.6 Å². The maximum atomic E-state index is 13.2. The molecular weight excluding hydrogens is 345 g/mol. The van der Waals surface area contributed by atoms with Crippen LogP contribution in [0.1, 0.15) is 24.8 Å². The molecule has 1 aromatic heterocycles. The minimum Gasteiger partial charge on any atom is -0.322 e. The van der Waals surface area contributed by atoms with Crippen LogP contribution in [0.4, 0.5) is 13.2 Å². The van der Waals surface area contributed by atoms with Crippen molar-refractivity contribution in [3.8, 4) is 0 Å². The highest BCUT2D eigenvalue weighted by Gasteiger charge is 2.34. The molecule has 24 heavy (non-hydrogen) atoms. The molecule has 130 valence electrons. The molecule has 0 spiro atoms. The number of aromatic nitrogens is 1. The number of halogens is 3. The highest BCUT2D eigenvalue weighted by atomic mass is 32.2. The minimum absolute atomic E-state index is 0.0487. The first kappa shape index (κ1) is 17.0. The van der Waals surface area contributed by atoms with Gasteiger partial charge in [-0.3, -0.25) is 4.79 Å². The van der Waals surface area contributed by atoms with Crippen molar-refractivity contribution < 1.29 is 21.6 Å². The van der Waals surface area contributed by atoms with Crippen molar-refractivity contribution in [2.24, 2.45) is 0 Å². The number of alkyl halides is 3. The number of rotatable bonds is 2. The maximum absolute atomic E-state index is 13.2. The summed E-state index contributed by atoms with van der Waals surface area (Å²) in [5.41, 5.74) is -2.08. The fraction of sp³-hybridized carbons (Fsp3) is 0.400. The van der Waals surface area contributed by atoms with Crippen molar-refractivity contribution in [2.45, 2.75) is 30.3 Å². The Bertz CT molecular complexity index is 929. The zero-order valence-corrected chi connectivity index (χ0v) is 13.4. The topological polar surface area (TPSA) is 70.2 Å². The van der Waals surface area contributed by atoms with E-state index in [1.54, 1.807) is 0 Å². The van der Waals surface area contributed by atoms with Crippen molar-refractivity contribution in [2.75, 3.05) is 13.1 Å². The van der Waals surface area contributed by atoms with Gasteiger partial charge in [-0.2, -0.15) is 17.5 Å². The fourth-order valence-corrected chi connectivity index (χ4v) is 4.43. The van der Waals surface area contributed by atoms with Crippen molar-refractivity contribution in [1.29, 1.82) is 0 Å². The lowest BCUT2D eigenvalue weighted by atomic mass is 10.1. The first-order valence-corrected chi connectivity index (χ1v) is 8.88. The van der Waals surface area contributed by atoms with Crippen molar-refractivity contribution in [3.63, 3.8) is 0 Å². The number of benzene rings is 1. The summed E-state index contributed by atoms with van der Waals surface area (Å²) < 4.78 is 66.1. The van der Waals surface area contributed by atoms with Crippen molar-refractivity contribution in [3.05, 3.63) is 40.2 Å². The molecule has 3 rings (SSSR count). The Morgan fingerprint density at radius 2 is 1.71 bits per heavy atom. The first-order chi connectivity index (χ1) is 11.2. The third-order valence-electron chi connectivity index (χ3n) is 4.07. The van der Waals surface area contributed by atoms with E-state index in [9.17, 15) is 26.4 Å². The number of H-pyrrole nitrogens is 1. The van der Waals surface area contributed by atoms with Crippen LogP contribution in [0.25, 0.3) is 10.9 Å². The van der Waals surface area contributed by atoms with Gasteiger partial charge in [-0.05, 0) is 31.0 Å². The van der Waals surface area contributed by atoms with Crippen LogP contribution in [0.5, 0.6) is 0 Å². The van der Waals surface area contributed by atoms with Gasteiger partial charge in [-0.25, -0.2) is 8.42 Å².